The number of hydrogen-bond acceptors (Lipinski definition) is 2. The van der Waals surface area contributed by atoms with Crippen molar-refractivity contribution in [3.8, 4) is 0 Å². The molecular weight excluding hydrogens is 312 g/mol. The van der Waals surface area contributed by atoms with Crippen molar-refractivity contribution in [2.45, 2.75) is 19.4 Å². The van der Waals surface area contributed by atoms with Crippen molar-refractivity contribution in [3.05, 3.63) is 78.4 Å². The van der Waals surface area contributed by atoms with Crippen molar-refractivity contribution < 1.29 is 9.59 Å². The number of fused-ring (bicyclic) bond motifs is 1. The van der Waals surface area contributed by atoms with Crippen LogP contribution < -0.4 is 10.6 Å². The summed E-state index contributed by atoms with van der Waals surface area (Å²) < 4.78 is 0. The van der Waals surface area contributed by atoms with Crippen LogP contribution in [0.2, 0.25) is 0 Å². The van der Waals surface area contributed by atoms with E-state index in [2.05, 4.69) is 10.6 Å². The zero-order valence-electron chi connectivity index (χ0n) is 14.0. The molecule has 0 saturated heterocycles. The largest absolute Gasteiger partial charge is 0.349 e. The second-order valence-corrected chi connectivity index (χ2v) is 5.94. The summed E-state index contributed by atoms with van der Waals surface area (Å²) in [6, 6.07) is 22.9. The van der Waals surface area contributed by atoms with Crippen LogP contribution in [0.5, 0.6) is 0 Å². The number of hydrogen-bond donors (Lipinski definition) is 2. The van der Waals surface area contributed by atoms with E-state index in [1.807, 2.05) is 72.8 Å². The van der Waals surface area contributed by atoms with Crippen molar-refractivity contribution in [1.29, 1.82) is 0 Å². The lowest BCUT2D eigenvalue weighted by Crippen LogP contribution is -2.29. The monoisotopic (exact) mass is 332 g/mol. The summed E-state index contributed by atoms with van der Waals surface area (Å²) in [6.45, 7) is 1.46. The van der Waals surface area contributed by atoms with Gasteiger partial charge in [0.05, 0.1) is 12.5 Å². The average molecular weight is 332 g/mol. The van der Waals surface area contributed by atoms with Crippen LogP contribution >= 0.6 is 0 Å². The third-order valence-electron chi connectivity index (χ3n) is 4.03. The first-order valence-corrected chi connectivity index (χ1v) is 8.23. The van der Waals surface area contributed by atoms with Crippen LogP contribution in [0.15, 0.2) is 72.8 Å². The average Bonchev–Trinajstić information content (AvgIpc) is 2.62. The van der Waals surface area contributed by atoms with Crippen LogP contribution in [0, 0.1) is 0 Å². The van der Waals surface area contributed by atoms with E-state index in [4.69, 9.17) is 0 Å². The fourth-order valence-corrected chi connectivity index (χ4v) is 2.90. The molecule has 3 aromatic carbocycles. The standard InChI is InChI=1S/C21H20N2O2/c1-15(24)22-20(17-9-3-2-4-10-17)14-21(25)23-19-13-7-11-16-8-5-6-12-18(16)19/h2-13,20H,14H2,1H3,(H,22,24)(H,23,25). The molecule has 0 aliphatic rings. The summed E-state index contributed by atoms with van der Waals surface area (Å²) in [6.07, 6.45) is 0.173. The molecule has 0 saturated carbocycles. The van der Waals surface area contributed by atoms with E-state index >= 15 is 0 Å². The van der Waals surface area contributed by atoms with Gasteiger partial charge in [-0.3, -0.25) is 9.59 Å². The molecule has 3 aromatic rings. The van der Waals surface area contributed by atoms with Crippen molar-refractivity contribution in [1.82, 2.24) is 5.32 Å². The molecule has 0 aliphatic carbocycles. The minimum Gasteiger partial charge on any atom is -0.349 e. The molecule has 0 fully saturated rings. The van der Waals surface area contributed by atoms with Gasteiger partial charge in [0.25, 0.3) is 0 Å². The van der Waals surface area contributed by atoms with Crippen LogP contribution in [0.1, 0.15) is 24.9 Å². The molecule has 1 unspecified atom stereocenters. The molecule has 4 nitrogen and oxygen atoms in total. The van der Waals surface area contributed by atoms with Gasteiger partial charge in [-0.25, -0.2) is 0 Å². The van der Waals surface area contributed by atoms with Crippen molar-refractivity contribution in [2.24, 2.45) is 0 Å². The third-order valence-corrected chi connectivity index (χ3v) is 4.03. The zero-order valence-corrected chi connectivity index (χ0v) is 14.0. The van der Waals surface area contributed by atoms with Gasteiger partial charge in [0.2, 0.25) is 11.8 Å². The zero-order chi connectivity index (χ0) is 17.6. The van der Waals surface area contributed by atoms with Gasteiger partial charge in [0.15, 0.2) is 0 Å². The van der Waals surface area contributed by atoms with E-state index in [1.54, 1.807) is 0 Å². The second kappa shape index (κ2) is 7.62. The van der Waals surface area contributed by atoms with Gasteiger partial charge < -0.3 is 10.6 Å². The first kappa shape index (κ1) is 16.7. The number of amides is 2. The molecule has 4 heteroatoms. The number of carbonyl (C=O) groups is 2. The molecule has 2 amide bonds. The summed E-state index contributed by atoms with van der Waals surface area (Å²) in [4.78, 5) is 24.1. The SMILES string of the molecule is CC(=O)NC(CC(=O)Nc1cccc2ccccc12)c1ccccc1. The molecule has 1 atom stereocenters. The van der Waals surface area contributed by atoms with Gasteiger partial charge in [-0.15, -0.1) is 0 Å². The van der Waals surface area contributed by atoms with E-state index in [1.165, 1.54) is 6.92 Å². The Morgan fingerprint density at radius 3 is 2.32 bits per heavy atom. The summed E-state index contributed by atoms with van der Waals surface area (Å²) in [5.74, 6) is -0.300. The highest BCUT2D eigenvalue weighted by atomic mass is 16.2. The highest BCUT2D eigenvalue weighted by Crippen LogP contribution is 2.24. The number of rotatable bonds is 5. The van der Waals surface area contributed by atoms with Crippen molar-refractivity contribution in [3.63, 3.8) is 0 Å². The molecule has 0 heterocycles. The molecule has 25 heavy (non-hydrogen) atoms. The maximum Gasteiger partial charge on any atom is 0.226 e. The van der Waals surface area contributed by atoms with Crippen LogP contribution in [-0.2, 0) is 9.59 Å². The molecule has 2 N–H and O–H groups in total. The van der Waals surface area contributed by atoms with E-state index < -0.39 is 0 Å². The van der Waals surface area contributed by atoms with Gasteiger partial charge in [0.1, 0.15) is 0 Å². The van der Waals surface area contributed by atoms with Gasteiger partial charge in [-0.1, -0.05) is 66.7 Å². The van der Waals surface area contributed by atoms with Gasteiger partial charge in [-0.05, 0) is 17.0 Å². The first-order chi connectivity index (χ1) is 12.1. The maximum atomic E-state index is 12.6. The molecule has 0 spiro atoms. The first-order valence-electron chi connectivity index (χ1n) is 8.23. The molecule has 0 bridgehead atoms. The van der Waals surface area contributed by atoms with E-state index in [9.17, 15) is 9.59 Å². The van der Waals surface area contributed by atoms with Crippen LogP contribution in [0.25, 0.3) is 10.8 Å². The number of nitrogens with one attached hydrogen (secondary N) is 2. The minimum atomic E-state index is -0.353. The Labute approximate surface area is 146 Å². The van der Waals surface area contributed by atoms with Crippen LogP contribution in [0.3, 0.4) is 0 Å². The summed E-state index contributed by atoms with van der Waals surface area (Å²) in [5, 5.41) is 7.88. The Bertz CT molecular complexity index is 885. The Kier molecular flexibility index (Phi) is 5.09. The quantitative estimate of drug-likeness (QED) is 0.740. The minimum absolute atomic E-state index is 0.140. The second-order valence-electron chi connectivity index (χ2n) is 5.94. The Balaban J connectivity index is 1.78. The summed E-state index contributed by atoms with van der Waals surface area (Å²) in [5.41, 5.74) is 1.68. The van der Waals surface area contributed by atoms with E-state index in [0.717, 1.165) is 22.0 Å². The van der Waals surface area contributed by atoms with E-state index in [0.29, 0.717) is 0 Å². The Hall–Kier alpha value is -3.14. The van der Waals surface area contributed by atoms with E-state index in [-0.39, 0.29) is 24.3 Å². The van der Waals surface area contributed by atoms with Crippen LogP contribution in [-0.4, -0.2) is 11.8 Å². The number of carbonyl (C=O) groups excluding carboxylic acids is 2. The number of anilines is 1. The normalized spacial score (nSPS) is 11.7. The Morgan fingerprint density at radius 2 is 1.56 bits per heavy atom. The molecular formula is C21H20N2O2. The van der Waals surface area contributed by atoms with Crippen molar-refractivity contribution in [2.75, 3.05) is 5.32 Å². The maximum absolute atomic E-state index is 12.6. The van der Waals surface area contributed by atoms with Gasteiger partial charge in [-0.2, -0.15) is 0 Å². The molecule has 126 valence electrons. The lowest BCUT2D eigenvalue weighted by molar-refractivity contribution is -0.120. The van der Waals surface area contributed by atoms with Gasteiger partial charge >= 0.3 is 0 Å². The Morgan fingerprint density at radius 1 is 0.880 bits per heavy atom. The predicted molar refractivity (Wildman–Crippen MR) is 100 cm³/mol. The highest BCUT2D eigenvalue weighted by Gasteiger charge is 2.17. The lowest BCUT2D eigenvalue weighted by Gasteiger charge is -2.18. The summed E-state index contributed by atoms with van der Waals surface area (Å²) >= 11 is 0. The van der Waals surface area contributed by atoms with Crippen molar-refractivity contribution >= 4 is 28.3 Å². The molecule has 0 aromatic heterocycles. The lowest BCUT2D eigenvalue weighted by atomic mass is 10.0. The van der Waals surface area contributed by atoms with Crippen LogP contribution in [0.4, 0.5) is 5.69 Å². The molecule has 0 radical (unpaired) electrons. The molecule has 3 rings (SSSR count). The predicted octanol–water partition coefficient (Wildman–Crippen LogP) is 4.05. The fraction of sp³-hybridized carbons (Fsp3) is 0.143. The topological polar surface area (TPSA) is 58.2 Å². The summed E-state index contributed by atoms with van der Waals surface area (Å²) in [7, 11) is 0. The smallest absolute Gasteiger partial charge is 0.226 e. The highest BCUT2D eigenvalue weighted by molar-refractivity contribution is 6.02. The van der Waals surface area contributed by atoms with Gasteiger partial charge in [0, 0.05) is 18.0 Å². The number of benzene rings is 3. The third kappa shape index (κ3) is 4.23. The fourth-order valence-electron chi connectivity index (χ4n) is 2.90. The molecule has 0 aliphatic heterocycles.